The smallest absolute Gasteiger partial charge is 0.338 e. The predicted molar refractivity (Wildman–Crippen MR) is 155 cm³/mol. The first kappa shape index (κ1) is 26.3. The fraction of sp³-hybridized carbons (Fsp3) is 0.382. The van der Waals surface area contributed by atoms with Crippen LogP contribution in [0.3, 0.4) is 0 Å². The molecule has 0 aromatic heterocycles. The molecule has 4 aliphatic rings. The first-order chi connectivity index (χ1) is 18.9. The molecule has 2 heterocycles. The Kier molecular flexibility index (Phi) is 6.13. The van der Waals surface area contributed by atoms with E-state index in [2.05, 4.69) is 59.8 Å². The zero-order valence-corrected chi connectivity index (χ0v) is 24.0. The minimum atomic E-state index is -1.28. The zero-order valence-electron chi connectivity index (χ0n) is 24.0. The van der Waals surface area contributed by atoms with Crippen molar-refractivity contribution in [2.75, 3.05) is 31.1 Å². The molecular weight excluding hydrogens is 500 g/mol. The van der Waals surface area contributed by atoms with Gasteiger partial charge in [-0.05, 0) is 90.9 Å². The van der Waals surface area contributed by atoms with Crippen molar-refractivity contribution < 1.29 is 24.0 Å². The fourth-order valence-corrected chi connectivity index (χ4v) is 6.05. The molecule has 2 saturated heterocycles. The van der Waals surface area contributed by atoms with Crippen LogP contribution in [0, 0.1) is 0 Å². The number of carboxylic acids is 1. The average molecular weight is 537 g/mol. The van der Waals surface area contributed by atoms with Gasteiger partial charge in [-0.3, -0.25) is 0 Å². The van der Waals surface area contributed by atoms with Gasteiger partial charge in [0.05, 0.1) is 18.0 Å². The standard InChI is InChI=1S/C34H36N2O4/c1-33(2,3)40-32(39)21-8-11-24(31(37)38)27(18-21)30-25-12-9-22(35-14-6-15-35)19-28(25)34(4,5)29-20-23(10-13-26(29)30)36-16-7-17-36/h8-13,18-20H,6-7,14-17H2,1-5H3. The number of allylic oxidation sites excluding steroid dienone is 5. The number of hydrogen-bond acceptors (Lipinski definition) is 5. The molecule has 0 spiro atoms. The number of fused-ring (bicyclic) bond motifs is 2. The number of carbonyl (C=O) groups excluding carboxylic acids is 2. The van der Waals surface area contributed by atoms with Gasteiger partial charge >= 0.3 is 5.97 Å². The monoisotopic (exact) mass is 536 g/mol. The number of carboxylic acid groups (broad SMARTS) is 1. The Balaban J connectivity index is 1.61. The van der Waals surface area contributed by atoms with E-state index in [1.165, 1.54) is 36.4 Å². The van der Waals surface area contributed by atoms with Crippen molar-refractivity contribution in [3.63, 3.8) is 0 Å². The number of hydrogen-bond donors (Lipinski definition) is 0. The van der Waals surface area contributed by atoms with Gasteiger partial charge in [0.1, 0.15) is 18.7 Å². The molecule has 0 radical (unpaired) electrons. The molecule has 6 heteroatoms. The van der Waals surface area contributed by atoms with Gasteiger partial charge in [0.2, 0.25) is 0 Å². The normalized spacial score (nSPS) is 19.3. The van der Waals surface area contributed by atoms with E-state index in [4.69, 9.17) is 4.74 Å². The first-order valence-corrected chi connectivity index (χ1v) is 14.2. The lowest BCUT2D eigenvalue weighted by Crippen LogP contribution is -2.38. The quantitative estimate of drug-likeness (QED) is 0.420. The maximum absolute atomic E-state index is 13.1. The summed E-state index contributed by atoms with van der Waals surface area (Å²) >= 11 is 0. The molecule has 40 heavy (non-hydrogen) atoms. The summed E-state index contributed by atoms with van der Waals surface area (Å²) in [5.74, 6) is -1.77. The van der Waals surface area contributed by atoms with Crippen molar-refractivity contribution in [1.82, 2.24) is 0 Å². The number of aromatic carboxylic acids is 1. The largest absolute Gasteiger partial charge is 0.545 e. The molecule has 2 aliphatic heterocycles. The number of anilines is 1. The van der Waals surface area contributed by atoms with E-state index in [9.17, 15) is 14.7 Å². The van der Waals surface area contributed by atoms with E-state index in [0.717, 1.165) is 54.0 Å². The lowest BCUT2D eigenvalue weighted by molar-refractivity contribution is -0.582. The number of esters is 1. The molecule has 2 aromatic carbocycles. The molecule has 0 amide bonds. The van der Waals surface area contributed by atoms with Crippen LogP contribution in [0.5, 0.6) is 0 Å². The van der Waals surface area contributed by atoms with E-state index in [-0.39, 0.29) is 11.0 Å². The van der Waals surface area contributed by atoms with Gasteiger partial charge in [0.25, 0.3) is 0 Å². The molecule has 0 N–H and O–H groups in total. The summed E-state index contributed by atoms with van der Waals surface area (Å²) in [6.07, 6.45) is 8.89. The van der Waals surface area contributed by atoms with Crippen LogP contribution in [0.1, 0.15) is 84.9 Å². The predicted octanol–water partition coefficient (Wildman–Crippen LogP) is 4.66. The van der Waals surface area contributed by atoms with E-state index in [1.54, 1.807) is 6.07 Å². The van der Waals surface area contributed by atoms with Gasteiger partial charge < -0.3 is 19.5 Å². The van der Waals surface area contributed by atoms with Crippen LogP contribution in [0.25, 0.3) is 5.57 Å². The molecule has 206 valence electrons. The second kappa shape index (κ2) is 9.33. The lowest BCUT2D eigenvalue weighted by atomic mass is 9.64. The van der Waals surface area contributed by atoms with Gasteiger partial charge in [0, 0.05) is 41.9 Å². The van der Waals surface area contributed by atoms with Crippen LogP contribution in [0.4, 0.5) is 5.69 Å². The van der Waals surface area contributed by atoms with E-state index in [0.29, 0.717) is 11.1 Å². The minimum Gasteiger partial charge on any atom is -0.545 e. The maximum atomic E-state index is 13.1. The second-order valence-electron chi connectivity index (χ2n) is 12.7. The van der Waals surface area contributed by atoms with Crippen molar-refractivity contribution >= 4 is 28.9 Å². The highest BCUT2D eigenvalue weighted by Crippen LogP contribution is 2.51. The number of benzene rings is 2. The summed E-state index contributed by atoms with van der Waals surface area (Å²) in [4.78, 5) is 27.9. The highest BCUT2D eigenvalue weighted by Gasteiger charge is 2.40. The molecule has 2 aliphatic carbocycles. The van der Waals surface area contributed by atoms with Crippen LogP contribution in [0.15, 0.2) is 65.8 Å². The van der Waals surface area contributed by atoms with E-state index >= 15 is 0 Å². The molecule has 6 rings (SSSR count). The Bertz CT molecular complexity index is 1570. The minimum absolute atomic E-state index is 0.0533. The molecule has 0 saturated carbocycles. The Hall–Kier alpha value is -3.93. The topological polar surface area (TPSA) is 72.7 Å². The van der Waals surface area contributed by atoms with Crippen LogP contribution in [0.2, 0.25) is 0 Å². The SMILES string of the molecule is CC(C)(C)OC(=O)c1ccc(C(=O)[O-])c(C2=C3C=CC(=[N+]4CCC4)C=C3C(C)(C)c3cc(N4CCC4)ccc32)c1. The van der Waals surface area contributed by atoms with Crippen molar-refractivity contribution in [2.24, 2.45) is 0 Å². The van der Waals surface area contributed by atoms with Gasteiger partial charge in [0.15, 0.2) is 5.71 Å². The fourth-order valence-electron chi connectivity index (χ4n) is 6.05. The van der Waals surface area contributed by atoms with Gasteiger partial charge in [-0.2, -0.15) is 0 Å². The highest BCUT2D eigenvalue weighted by molar-refractivity contribution is 6.08. The summed E-state index contributed by atoms with van der Waals surface area (Å²) in [6.45, 7) is 14.1. The van der Waals surface area contributed by atoms with Crippen LogP contribution in [-0.4, -0.2) is 54.0 Å². The summed E-state index contributed by atoms with van der Waals surface area (Å²) in [5.41, 5.74) is 7.25. The Labute approximate surface area is 236 Å². The molecule has 2 fully saturated rings. The summed E-state index contributed by atoms with van der Waals surface area (Å²) in [7, 11) is 0. The summed E-state index contributed by atoms with van der Waals surface area (Å²) < 4.78 is 8.01. The van der Waals surface area contributed by atoms with Crippen LogP contribution >= 0.6 is 0 Å². The van der Waals surface area contributed by atoms with Crippen LogP contribution in [-0.2, 0) is 10.2 Å². The Morgan fingerprint density at radius 1 is 0.975 bits per heavy atom. The van der Waals surface area contributed by atoms with E-state index < -0.39 is 17.5 Å². The molecular formula is C34H36N2O4. The third-order valence-corrected chi connectivity index (χ3v) is 8.48. The third kappa shape index (κ3) is 4.40. The maximum Gasteiger partial charge on any atom is 0.338 e. The van der Waals surface area contributed by atoms with Gasteiger partial charge in [-0.1, -0.05) is 26.0 Å². The first-order valence-electron chi connectivity index (χ1n) is 14.2. The third-order valence-electron chi connectivity index (χ3n) is 8.48. The molecule has 0 bridgehead atoms. The Morgan fingerprint density at radius 3 is 2.33 bits per heavy atom. The lowest BCUT2D eigenvalue weighted by Gasteiger charge is -2.41. The summed E-state index contributed by atoms with van der Waals surface area (Å²) in [5, 5.41) is 12.5. The van der Waals surface area contributed by atoms with Crippen molar-refractivity contribution in [3.05, 3.63) is 93.6 Å². The van der Waals surface area contributed by atoms with Crippen molar-refractivity contribution in [3.8, 4) is 0 Å². The number of ether oxygens (including phenoxy) is 1. The number of nitrogens with zero attached hydrogens (tertiary/aromatic N) is 2. The number of carbonyl (C=O) groups is 2. The highest BCUT2D eigenvalue weighted by atomic mass is 16.6. The molecule has 0 atom stereocenters. The molecule has 0 unspecified atom stereocenters. The van der Waals surface area contributed by atoms with Crippen molar-refractivity contribution in [1.29, 1.82) is 0 Å². The second-order valence-corrected chi connectivity index (χ2v) is 12.7. The Morgan fingerprint density at radius 2 is 1.73 bits per heavy atom. The molecule has 6 nitrogen and oxygen atoms in total. The zero-order chi connectivity index (χ0) is 28.4. The molecule has 2 aromatic rings. The van der Waals surface area contributed by atoms with Gasteiger partial charge in [-0.15, -0.1) is 0 Å². The van der Waals surface area contributed by atoms with Crippen molar-refractivity contribution in [2.45, 2.75) is 58.5 Å². The number of rotatable bonds is 4. The average Bonchev–Trinajstić information content (AvgIpc) is 2.81. The summed E-state index contributed by atoms with van der Waals surface area (Å²) in [6, 6.07) is 11.2. The van der Waals surface area contributed by atoms with Crippen LogP contribution < -0.4 is 10.0 Å². The van der Waals surface area contributed by atoms with Gasteiger partial charge in [-0.25, -0.2) is 9.37 Å². The van der Waals surface area contributed by atoms with E-state index in [1.807, 2.05) is 20.8 Å².